The molecule has 0 aliphatic rings. The molecule has 0 saturated heterocycles. The van der Waals surface area contributed by atoms with Crippen LogP contribution in [0.3, 0.4) is 0 Å². The summed E-state index contributed by atoms with van der Waals surface area (Å²) in [6.45, 7) is 4.00. The van der Waals surface area contributed by atoms with Crippen LogP contribution in [0.15, 0.2) is 52.9 Å². The molecule has 0 unspecified atom stereocenters. The second-order valence-corrected chi connectivity index (χ2v) is 6.68. The molecular formula is C20H20N2O5. The van der Waals surface area contributed by atoms with Gasteiger partial charge in [-0.2, -0.15) is 0 Å². The van der Waals surface area contributed by atoms with Crippen molar-refractivity contribution in [3.05, 3.63) is 64.2 Å². The number of fused-ring (bicyclic) bond motifs is 1. The lowest BCUT2D eigenvalue weighted by Gasteiger charge is -2.17. The fourth-order valence-electron chi connectivity index (χ4n) is 3.09. The summed E-state index contributed by atoms with van der Waals surface area (Å²) in [5.74, 6) is -1.27. The van der Waals surface area contributed by atoms with Crippen molar-refractivity contribution in [2.45, 2.75) is 26.4 Å². The number of rotatable bonds is 7. The molecule has 7 nitrogen and oxygen atoms in total. The average Bonchev–Trinajstić information content (AvgIpc) is 3.01. The van der Waals surface area contributed by atoms with Crippen LogP contribution in [0.4, 0.5) is 5.88 Å². The highest BCUT2D eigenvalue weighted by Crippen LogP contribution is 2.40. The Labute approximate surface area is 155 Å². The number of carboxylic acid groups (broad SMARTS) is 1. The molecule has 0 aliphatic carbocycles. The van der Waals surface area contributed by atoms with Crippen molar-refractivity contribution in [1.29, 1.82) is 0 Å². The Bertz CT molecular complexity index is 979. The molecule has 3 aromatic rings. The fraction of sp³-hybridized carbons (Fsp3) is 0.250. The van der Waals surface area contributed by atoms with Gasteiger partial charge in [-0.15, -0.1) is 0 Å². The van der Waals surface area contributed by atoms with Crippen LogP contribution in [0.5, 0.6) is 0 Å². The molecule has 1 atom stereocenters. The first-order chi connectivity index (χ1) is 12.9. The lowest BCUT2D eigenvalue weighted by atomic mass is 10.0. The van der Waals surface area contributed by atoms with Gasteiger partial charge in [0.2, 0.25) is 0 Å². The minimum absolute atomic E-state index is 0.0684. The van der Waals surface area contributed by atoms with Crippen LogP contribution in [0, 0.1) is 16.0 Å². The van der Waals surface area contributed by atoms with Gasteiger partial charge in [-0.1, -0.05) is 50.2 Å². The number of carbonyl (C=O) groups is 1. The van der Waals surface area contributed by atoms with E-state index in [1.54, 1.807) is 30.3 Å². The molecule has 7 heteroatoms. The van der Waals surface area contributed by atoms with E-state index in [0.717, 1.165) is 5.56 Å². The van der Waals surface area contributed by atoms with Crippen LogP contribution in [-0.2, 0) is 11.3 Å². The number of hydrogen-bond acceptors (Lipinski definition) is 5. The van der Waals surface area contributed by atoms with E-state index in [2.05, 4.69) is 5.32 Å². The molecular weight excluding hydrogens is 348 g/mol. The Morgan fingerprint density at radius 1 is 1.22 bits per heavy atom. The maximum atomic E-state index is 11.4. The highest BCUT2D eigenvalue weighted by molar-refractivity contribution is 5.99. The zero-order valence-electron chi connectivity index (χ0n) is 15.0. The highest BCUT2D eigenvalue weighted by Gasteiger charge is 2.26. The van der Waals surface area contributed by atoms with Crippen LogP contribution in [-0.4, -0.2) is 22.0 Å². The number of aliphatic carboxylic acids is 1. The third kappa shape index (κ3) is 3.83. The van der Waals surface area contributed by atoms with Crippen LogP contribution in [0.25, 0.3) is 22.1 Å². The standard InChI is InChI=1S/C20H20N2O5/c1-12(2)18(20(23)24)21-11-13-8-9-16-15(10-13)17(19(27-16)22(25)26)14-6-4-3-5-7-14/h3-10,12,18,21H,11H2,1-2H3,(H,23,24)/t18-/m0/s1. The zero-order valence-corrected chi connectivity index (χ0v) is 15.0. The summed E-state index contributed by atoms with van der Waals surface area (Å²) in [6.07, 6.45) is 0. The molecule has 0 radical (unpaired) electrons. The quantitative estimate of drug-likeness (QED) is 0.478. The third-order valence-corrected chi connectivity index (χ3v) is 4.42. The molecule has 0 bridgehead atoms. The summed E-state index contributed by atoms with van der Waals surface area (Å²) < 4.78 is 5.46. The molecule has 0 amide bonds. The summed E-state index contributed by atoms with van der Waals surface area (Å²) in [5, 5.41) is 24.4. The van der Waals surface area contributed by atoms with Gasteiger partial charge < -0.3 is 14.8 Å². The minimum atomic E-state index is -0.907. The molecule has 140 valence electrons. The molecule has 2 aromatic carbocycles. The van der Waals surface area contributed by atoms with Gasteiger partial charge in [0.15, 0.2) is 0 Å². The summed E-state index contributed by atoms with van der Waals surface area (Å²) in [5.41, 5.74) is 2.36. The normalized spacial score (nSPS) is 12.4. The minimum Gasteiger partial charge on any atom is -0.480 e. The highest BCUT2D eigenvalue weighted by atomic mass is 16.6. The Hall–Kier alpha value is -3.19. The van der Waals surface area contributed by atoms with E-state index in [9.17, 15) is 20.0 Å². The summed E-state index contributed by atoms with van der Waals surface area (Å²) in [7, 11) is 0. The third-order valence-electron chi connectivity index (χ3n) is 4.42. The lowest BCUT2D eigenvalue weighted by molar-refractivity contribution is -0.400. The molecule has 2 N–H and O–H groups in total. The lowest BCUT2D eigenvalue weighted by Crippen LogP contribution is -2.40. The molecule has 0 saturated carbocycles. The van der Waals surface area contributed by atoms with Crippen molar-refractivity contribution in [2.75, 3.05) is 0 Å². The maximum Gasteiger partial charge on any atom is 0.442 e. The first-order valence-corrected chi connectivity index (χ1v) is 8.60. The van der Waals surface area contributed by atoms with Crippen LogP contribution >= 0.6 is 0 Å². The van der Waals surface area contributed by atoms with E-state index >= 15 is 0 Å². The number of hydrogen-bond donors (Lipinski definition) is 2. The molecule has 1 aromatic heterocycles. The first-order valence-electron chi connectivity index (χ1n) is 8.60. The maximum absolute atomic E-state index is 11.4. The number of carboxylic acids is 1. The van der Waals surface area contributed by atoms with E-state index in [1.165, 1.54) is 0 Å². The number of nitrogens with zero attached hydrogens (tertiary/aromatic N) is 1. The molecule has 1 heterocycles. The number of nitro groups is 1. The van der Waals surface area contributed by atoms with E-state index < -0.39 is 16.9 Å². The van der Waals surface area contributed by atoms with Gasteiger partial charge in [0.05, 0.1) is 0 Å². The Morgan fingerprint density at radius 2 is 1.93 bits per heavy atom. The van der Waals surface area contributed by atoms with Crippen molar-refractivity contribution in [2.24, 2.45) is 5.92 Å². The van der Waals surface area contributed by atoms with Crippen molar-refractivity contribution in [1.82, 2.24) is 5.32 Å². The largest absolute Gasteiger partial charge is 0.480 e. The Balaban J connectivity index is 2.01. The number of benzene rings is 2. The zero-order chi connectivity index (χ0) is 19.6. The van der Waals surface area contributed by atoms with Gasteiger partial charge in [-0.25, -0.2) is 0 Å². The van der Waals surface area contributed by atoms with Gasteiger partial charge in [0.1, 0.15) is 22.1 Å². The van der Waals surface area contributed by atoms with E-state index in [-0.39, 0.29) is 11.8 Å². The average molecular weight is 368 g/mol. The molecule has 27 heavy (non-hydrogen) atoms. The van der Waals surface area contributed by atoms with Gasteiger partial charge in [-0.3, -0.25) is 14.9 Å². The predicted octanol–water partition coefficient (Wildman–Crippen LogP) is 4.21. The van der Waals surface area contributed by atoms with Crippen molar-refractivity contribution >= 4 is 22.8 Å². The second-order valence-electron chi connectivity index (χ2n) is 6.68. The Morgan fingerprint density at radius 3 is 2.52 bits per heavy atom. The fourth-order valence-corrected chi connectivity index (χ4v) is 3.09. The molecule has 0 spiro atoms. The van der Waals surface area contributed by atoms with Gasteiger partial charge in [0, 0.05) is 11.9 Å². The summed E-state index contributed by atoms with van der Waals surface area (Å²) in [4.78, 5) is 22.3. The smallest absolute Gasteiger partial charge is 0.442 e. The van der Waals surface area contributed by atoms with Gasteiger partial charge in [-0.05, 0) is 29.2 Å². The van der Waals surface area contributed by atoms with Crippen LogP contribution in [0.1, 0.15) is 19.4 Å². The van der Waals surface area contributed by atoms with Gasteiger partial charge in [0.25, 0.3) is 0 Å². The van der Waals surface area contributed by atoms with Crippen molar-refractivity contribution in [3.63, 3.8) is 0 Å². The summed E-state index contributed by atoms with van der Waals surface area (Å²) in [6, 6.07) is 13.6. The number of nitrogens with one attached hydrogen (secondary N) is 1. The van der Waals surface area contributed by atoms with Crippen LogP contribution < -0.4 is 5.32 Å². The van der Waals surface area contributed by atoms with Gasteiger partial charge >= 0.3 is 11.9 Å². The molecule has 0 fully saturated rings. The molecule has 3 rings (SSSR count). The van der Waals surface area contributed by atoms with E-state index in [4.69, 9.17) is 4.42 Å². The topological polar surface area (TPSA) is 106 Å². The van der Waals surface area contributed by atoms with E-state index in [0.29, 0.717) is 28.6 Å². The first kappa shape index (κ1) is 18.6. The molecule has 0 aliphatic heterocycles. The second kappa shape index (κ2) is 7.59. The monoisotopic (exact) mass is 368 g/mol. The van der Waals surface area contributed by atoms with Crippen molar-refractivity contribution < 1.29 is 19.2 Å². The van der Waals surface area contributed by atoms with Crippen LogP contribution in [0.2, 0.25) is 0 Å². The SMILES string of the molecule is CC(C)[C@H](NCc1ccc2oc([N+](=O)[O-])c(-c3ccccc3)c2c1)C(=O)O. The summed E-state index contributed by atoms with van der Waals surface area (Å²) >= 11 is 0. The Kier molecular flexibility index (Phi) is 5.23. The number of furan rings is 1. The van der Waals surface area contributed by atoms with E-state index in [1.807, 2.05) is 32.0 Å². The van der Waals surface area contributed by atoms with Crippen molar-refractivity contribution in [3.8, 4) is 11.1 Å². The predicted molar refractivity (Wildman–Crippen MR) is 101 cm³/mol.